The predicted octanol–water partition coefficient (Wildman–Crippen LogP) is 1.12. The van der Waals surface area contributed by atoms with Gasteiger partial charge in [0.1, 0.15) is 0 Å². The van der Waals surface area contributed by atoms with Crippen molar-refractivity contribution in [1.82, 2.24) is 0 Å². The van der Waals surface area contributed by atoms with E-state index < -0.39 is 0 Å². The van der Waals surface area contributed by atoms with E-state index in [-0.39, 0.29) is 0 Å². The van der Waals surface area contributed by atoms with E-state index in [1.807, 2.05) is 37.3 Å². The fourth-order valence-electron chi connectivity index (χ4n) is 0.690. The first-order valence-electron chi connectivity index (χ1n) is 3.17. The number of ether oxygens (including phenoxy) is 1. The molecule has 0 saturated carbocycles. The van der Waals surface area contributed by atoms with Gasteiger partial charge in [0, 0.05) is 0 Å². The molecule has 0 aliphatic heterocycles. The standard InChI is InChI=1S/C8H9BO/c1-7(9)10-8-5-3-2-4-6-8/h2-6,9H,1H3. The first-order valence-corrected chi connectivity index (χ1v) is 3.17. The Morgan fingerprint density at radius 3 is 2.40 bits per heavy atom. The topological polar surface area (TPSA) is 9.23 Å². The van der Waals surface area contributed by atoms with Crippen molar-refractivity contribution in [3.63, 3.8) is 0 Å². The van der Waals surface area contributed by atoms with Gasteiger partial charge in [0.25, 0.3) is 0 Å². The molecule has 0 aromatic heterocycles. The SMILES string of the molecule is B=C(C)Oc1ccccc1. The van der Waals surface area contributed by atoms with E-state index in [2.05, 4.69) is 7.49 Å². The van der Waals surface area contributed by atoms with Crippen molar-refractivity contribution >= 4 is 13.1 Å². The van der Waals surface area contributed by atoms with Gasteiger partial charge >= 0.3 is 60.9 Å². The van der Waals surface area contributed by atoms with Crippen molar-refractivity contribution in [2.45, 2.75) is 6.92 Å². The second-order valence-corrected chi connectivity index (χ2v) is 2.12. The third-order valence-electron chi connectivity index (χ3n) is 1.04. The predicted molar refractivity (Wildman–Crippen MR) is 44.9 cm³/mol. The average Bonchev–Trinajstić information content (AvgIpc) is 1.88. The fraction of sp³-hybridized carbons (Fsp3) is 0.125. The van der Waals surface area contributed by atoms with E-state index in [1.165, 1.54) is 0 Å². The fourth-order valence-corrected chi connectivity index (χ4v) is 0.690. The summed E-state index contributed by atoms with van der Waals surface area (Å²) in [4.78, 5) is 0. The molecule has 0 fully saturated rings. The molecule has 0 unspecified atom stereocenters. The summed E-state index contributed by atoms with van der Waals surface area (Å²) >= 11 is 0. The zero-order valence-electron chi connectivity index (χ0n) is 6.00. The van der Waals surface area contributed by atoms with Gasteiger partial charge in [-0.1, -0.05) is 0 Å². The molecule has 10 heavy (non-hydrogen) atoms. The van der Waals surface area contributed by atoms with E-state index in [4.69, 9.17) is 4.74 Å². The normalized spacial score (nSPS) is 8.80. The Kier molecular flexibility index (Phi) is 2.27. The zero-order chi connectivity index (χ0) is 7.40. The Morgan fingerprint density at radius 2 is 1.90 bits per heavy atom. The van der Waals surface area contributed by atoms with Crippen molar-refractivity contribution in [3.8, 4) is 5.75 Å². The monoisotopic (exact) mass is 132 g/mol. The van der Waals surface area contributed by atoms with Gasteiger partial charge in [-0.3, -0.25) is 0 Å². The third kappa shape index (κ3) is 2.06. The molecule has 0 N–H and O–H groups in total. The maximum atomic E-state index is 5.22. The van der Waals surface area contributed by atoms with E-state index in [1.54, 1.807) is 0 Å². The molecule has 1 rings (SSSR count). The third-order valence-corrected chi connectivity index (χ3v) is 1.04. The van der Waals surface area contributed by atoms with E-state index in [9.17, 15) is 0 Å². The number of hydrogen-bond donors (Lipinski definition) is 0. The Balaban J connectivity index is 2.67. The molecule has 0 amide bonds. The van der Waals surface area contributed by atoms with Crippen molar-refractivity contribution in [2.24, 2.45) is 0 Å². The summed E-state index contributed by atoms with van der Waals surface area (Å²) < 4.78 is 5.22. The Hall–Kier alpha value is -1.05. The number of rotatable bonds is 2. The molecule has 1 aromatic rings. The van der Waals surface area contributed by atoms with Crippen LogP contribution in [0.5, 0.6) is 5.75 Å². The zero-order valence-corrected chi connectivity index (χ0v) is 6.00. The molecular formula is C8H9BO. The molecule has 0 radical (unpaired) electrons. The summed E-state index contributed by atoms with van der Waals surface area (Å²) in [5, 5.41) is 0. The summed E-state index contributed by atoms with van der Waals surface area (Å²) in [6.07, 6.45) is 0. The molecule has 2 heteroatoms. The van der Waals surface area contributed by atoms with Crippen LogP contribution in [-0.2, 0) is 0 Å². The van der Waals surface area contributed by atoms with Crippen LogP contribution in [-0.4, -0.2) is 13.1 Å². The van der Waals surface area contributed by atoms with Gasteiger partial charge in [-0.2, -0.15) is 0 Å². The first kappa shape index (κ1) is 7.07. The van der Waals surface area contributed by atoms with Gasteiger partial charge in [-0.25, -0.2) is 0 Å². The van der Waals surface area contributed by atoms with Crippen LogP contribution in [0, 0.1) is 0 Å². The molecule has 1 nitrogen and oxygen atoms in total. The summed E-state index contributed by atoms with van der Waals surface area (Å²) in [5.41, 5.74) is 0.714. The van der Waals surface area contributed by atoms with Crippen LogP contribution in [0.2, 0.25) is 0 Å². The van der Waals surface area contributed by atoms with Gasteiger partial charge in [-0.05, 0) is 0 Å². The molecule has 1 aromatic carbocycles. The van der Waals surface area contributed by atoms with Crippen molar-refractivity contribution in [1.29, 1.82) is 0 Å². The molecular weight excluding hydrogens is 123 g/mol. The van der Waals surface area contributed by atoms with Crippen molar-refractivity contribution in [3.05, 3.63) is 30.3 Å². The summed E-state index contributed by atoms with van der Waals surface area (Å²) in [6.45, 7) is 1.83. The maximum absolute atomic E-state index is 5.22. The summed E-state index contributed by atoms with van der Waals surface area (Å²) in [7, 11) is 3.63. The van der Waals surface area contributed by atoms with Crippen LogP contribution in [0.4, 0.5) is 0 Å². The second-order valence-electron chi connectivity index (χ2n) is 2.12. The number of benzene rings is 1. The minimum atomic E-state index is 0.714. The molecule has 50 valence electrons. The van der Waals surface area contributed by atoms with Crippen LogP contribution >= 0.6 is 0 Å². The number of para-hydroxylation sites is 1. The molecule has 0 heterocycles. The summed E-state index contributed by atoms with van der Waals surface area (Å²) in [5.74, 6) is 0.843. The van der Waals surface area contributed by atoms with Crippen molar-refractivity contribution < 1.29 is 4.74 Å². The molecule has 0 aliphatic carbocycles. The molecule has 0 aliphatic rings. The summed E-state index contributed by atoms with van der Waals surface area (Å²) in [6, 6.07) is 9.60. The van der Waals surface area contributed by atoms with Crippen LogP contribution < -0.4 is 4.74 Å². The Bertz CT molecular complexity index is 218. The molecule has 0 atom stereocenters. The average molecular weight is 132 g/mol. The van der Waals surface area contributed by atoms with Crippen LogP contribution in [0.1, 0.15) is 6.92 Å². The van der Waals surface area contributed by atoms with Crippen LogP contribution in [0.15, 0.2) is 30.3 Å². The molecule has 0 bridgehead atoms. The van der Waals surface area contributed by atoms with Gasteiger partial charge in [0.15, 0.2) is 0 Å². The first-order chi connectivity index (χ1) is 4.79. The van der Waals surface area contributed by atoms with Crippen molar-refractivity contribution in [2.75, 3.05) is 0 Å². The Morgan fingerprint density at radius 1 is 1.30 bits per heavy atom. The van der Waals surface area contributed by atoms with Crippen LogP contribution in [0.25, 0.3) is 0 Å². The Labute approximate surface area is 61.7 Å². The van der Waals surface area contributed by atoms with Gasteiger partial charge < -0.3 is 0 Å². The van der Waals surface area contributed by atoms with E-state index >= 15 is 0 Å². The van der Waals surface area contributed by atoms with Gasteiger partial charge in [0.2, 0.25) is 0 Å². The van der Waals surface area contributed by atoms with E-state index in [0.717, 1.165) is 5.75 Å². The molecule has 0 spiro atoms. The van der Waals surface area contributed by atoms with Gasteiger partial charge in [-0.15, -0.1) is 0 Å². The molecule has 0 saturated heterocycles. The van der Waals surface area contributed by atoms with E-state index in [0.29, 0.717) is 5.65 Å². The van der Waals surface area contributed by atoms with Gasteiger partial charge in [0.05, 0.1) is 0 Å². The second kappa shape index (κ2) is 3.21. The van der Waals surface area contributed by atoms with Crippen LogP contribution in [0.3, 0.4) is 0 Å². The minimum absolute atomic E-state index is 0.714. The number of hydrogen-bond acceptors (Lipinski definition) is 1. The quantitative estimate of drug-likeness (QED) is 0.547.